The molecule has 1 aliphatic rings. The van der Waals surface area contributed by atoms with Gasteiger partial charge in [-0.3, -0.25) is 14.9 Å². The molecule has 0 amide bonds. The average molecular weight is 404 g/mol. The number of benzene rings is 1. The van der Waals surface area contributed by atoms with E-state index in [0.29, 0.717) is 11.3 Å². The van der Waals surface area contributed by atoms with Crippen molar-refractivity contribution >= 4 is 10.9 Å². The Morgan fingerprint density at radius 2 is 1.86 bits per heavy atom. The lowest BCUT2D eigenvalue weighted by atomic mass is 10.1. The van der Waals surface area contributed by atoms with E-state index in [-0.39, 0.29) is 6.10 Å². The van der Waals surface area contributed by atoms with Gasteiger partial charge in [0.1, 0.15) is 18.4 Å². The van der Waals surface area contributed by atoms with Crippen molar-refractivity contribution in [3.63, 3.8) is 0 Å². The first-order valence-electron chi connectivity index (χ1n) is 9.69. The molecule has 0 spiro atoms. The van der Waals surface area contributed by atoms with Crippen molar-refractivity contribution in [1.29, 1.82) is 0 Å². The van der Waals surface area contributed by atoms with Crippen LogP contribution in [0.5, 0.6) is 5.75 Å². The van der Waals surface area contributed by atoms with E-state index in [0.717, 1.165) is 49.2 Å². The molecule has 1 aliphatic heterocycles. The smallest absolute Gasteiger partial charge is 0.406 e. The second kappa shape index (κ2) is 8.02. The summed E-state index contributed by atoms with van der Waals surface area (Å²) >= 11 is 0. The Bertz CT molecular complexity index is 977. The first-order chi connectivity index (χ1) is 13.9. The van der Waals surface area contributed by atoms with Crippen molar-refractivity contribution in [3.8, 4) is 5.75 Å². The number of likely N-dealkylation sites (tertiary alicyclic amines) is 1. The number of halogens is 3. The maximum absolute atomic E-state index is 12.8. The Hall–Kier alpha value is -2.61. The van der Waals surface area contributed by atoms with Gasteiger partial charge in [0.15, 0.2) is 0 Å². The summed E-state index contributed by atoms with van der Waals surface area (Å²) in [7, 11) is 0. The number of nitrogens with zero attached hydrogens (tertiary/aromatic N) is 4. The average Bonchev–Trinajstić information content (AvgIpc) is 3.07. The Kier molecular flexibility index (Phi) is 5.45. The summed E-state index contributed by atoms with van der Waals surface area (Å²) in [5.74, 6) is 0.645. The van der Waals surface area contributed by atoms with Crippen LogP contribution in [0.25, 0.3) is 10.9 Å². The van der Waals surface area contributed by atoms with Crippen LogP contribution >= 0.6 is 0 Å². The second-order valence-electron chi connectivity index (χ2n) is 7.43. The number of hydrogen-bond donors (Lipinski definition) is 0. The van der Waals surface area contributed by atoms with Crippen LogP contribution in [-0.2, 0) is 13.1 Å². The van der Waals surface area contributed by atoms with E-state index >= 15 is 0 Å². The highest BCUT2D eigenvalue weighted by Gasteiger charge is 2.29. The minimum atomic E-state index is -4.25. The van der Waals surface area contributed by atoms with Crippen LogP contribution in [0.15, 0.2) is 42.9 Å². The number of ether oxygens (including phenoxy) is 1. The third-order valence-electron chi connectivity index (χ3n) is 5.31. The molecular formula is C21H23F3N4O. The first kappa shape index (κ1) is 19.7. The topological polar surface area (TPSA) is 43.2 Å². The van der Waals surface area contributed by atoms with E-state index in [9.17, 15) is 13.2 Å². The number of rotatable bonds is 5. The van der Waals surface area contributed by atoms with Crippen molar-refractivity contribution < 1.29 is 17.9 Å². The Morgan fingerprint density at radius 1 is 1.10 bits per heavy atom. The van der Waals surface area contributed by atoms with Gasteiger partial charge < -0.3 is 9.30 Å². The lowest BCUT2D eigenvalue weighted by Crippen LogP contribution is -2.38. The highest BCUT2D eigenvalue weighted by molar-refractivity contribution is 5.86. The minimum absolute atomic E-state index is 0.0470. The lowest BCUT2D eigenvalue weighted by molar-refractivity contribution is -0.139. The van der Waals surface area contributed by atoms with Gasteiger partial charge in [0.25, 0.3) is 0 Å². The first-order valence-corrected chi connectivity index (χ1v) is 9.69. The van der Waals surface area contributed by atoms with Gasteiger partial charge in [0.2, 0.25) is 0 Å². The molecule has 5 nitrogen and oxygen atoms in total. The van der Waals surface area contributed by atoms with Crippen molar-refractivity contribution in [2.75, 3.05) is 13.1 Å². The van der Waals surface area contributed by atoms with Crippen molar-refractivity contribution in [1.82, 2.24) is 19.4 Å². The fourth-order valence-electron chi connectivity index (χ4n) is 3.80. The van der Waals surface area contributed by atoms with Gasteiger partial charge >= 0.3 is 6.18 Å². The highest BCUT2D eigenvalue weighted by Crippen LogP contribution is 2.31. The van der Waals surface area contributed by atoms with Crippen molar-refractivity contribution in [3.05, 3.63) is 54.2 Å². The summed E-state index contributed by atoms with van der Waals surface area (Å²) in [6.45, 7) is 3.49. The standard InChI is InChI=1S/C21H23F3N4O/c1-15-18(26-9-8-25-15)13-27-10-5-16(6-11-27)29-20-4-2-3-19-17(20)7-12-28(19)14-21(22,23)24/h2-4,7-9,12,16H,5-6,10-11,13-14H2,1H3. The van der Waals surface area contributed by atoms with Gasteiger partial charge in [-0.2, -0.15) is 13.2 Å². The molecule has 1 fully saturated rings. The van der Waals surface area contributed by atoms with Crippen molar-refractivity contribution in [2.45, 2.75) is 45.1 Å². The molecule has 0 bridgehead atoms. The minimum Gasteiger partial charge on any atom is -0.490 e. The van der Waals surface area contributed by atoms with Crippen LogP contribution in [0.1, 0.15) is 24.2 Å². The van der Waals surface area contributed by atoms with E-state index in [4.69, 9.17) is 4.74 Å². The molecule has 0 saturated carbocycles. The molecule has 0 atom stereocenters. The number of aromatic nitrogens is 3. The number of hydrogen-bond acceptors (Lipinski definition) is 4. The van der Waals surface area contributed by atoms with E-state index in [2.05, 4.69) is 14.9 Å². The van der Waals surface area contributed by atoms with Gasteiger partial charge in [-0.15, -0.1) is 0 Å². The van der Waals surface area contributed by atoms with Crippen LogP contribution in [0.3, 0.4) is 0 Å². The molecule has 0 radical (unpaired) electrons. The summed E-state index contributed by atoms with van der Waals surface area (Å²) in [5, 5.41) is 0.717. The van der Waals surface area contributed by atoms with Crippen LogP contribution in [0, 0.1) is 6.92 Å². The van der Waals surface area contributed by atoms with Gasteiger partial charge in [-0.1, -0.05) is 6.07 Å². The summed E-state index contributed by atoms with van der Waals surface area (Å²) in [6.07, 6.45) is 2.39. The summed E-state index contributed by atoms with van der Waals surface area (Å²) in [6, 6.07) is 6.97. The molecule has 154 valence electrons. The molecular weight excluding hydrogens is 381 g/mol. The van der Waals surface area contributed by atoms with Gasteiger partial charge in [-0.05, 0) is 38.0 Å². The molecule has 4 rings (SSSR count). The van der Waals surface area contributed by atoms with Crippen LogP contribution in [-0.4, -0.2) is 44.8 Å². The molecule has 29 heavy (non-hydrogen) atoms. The summed E-state index contributed by atoms with van der Waals surface area (Å²) in [5.41, 5.74) is 2.47. The molecule has 0 N–H and O–H groups in total. The highest BCUT2D eigenvalue weighted by atomic mass is 19.4. The monoisotopic (exact) mass is 404 g/mol. The van der Waals surface area contributed by atoms with Crippen LogP contribution in [0.4, 0.5) is 13.2 Å². The normalized spacial score (nSPS) is 16.4. The zero-order valence-electron chi connectivity index (χ0n) is 16.2. The largest absolute Gasteiger partial charge is 0.490 e. The number of alkyl halides is 3. The molecule has 8 heteroatoms. The molecule has 0 aliphatic carbocycles. The number of piperidine rings is 1. The molecule has 2 aromatic heterocycles. The Labute approximate surface area is 167 Å². The SMILES string of the molecule is Cc1nccnc1CN1CCC(Oc2cccc3c2ccn3CC(F)(F)F)CC1. The number of aryl methyl sites for hydroxylation is 1. The van der Waals surface area contributed by atoms with Crippen LogP contribution in [0.2, 0.25) is 0 Å². The molecule has 1 aromatic carbocycles. The van der Waals surface area contributed by atoms with Gasteiger partial charge in [0.05, 0.1) is 16.9 Å². The van der Waals surface area contributed by atoms with Gasteiger partial charge in [0, 0.05) is 43.6 Å². The molecule has 3 aromatic rings. The fourth-order valence-corrected chi connectivity index (χ4v) is 3.80. The third-order valence-corrected chi connectivity index (χ3v) is 5.31. The zero-order valence-corrected chi connectivity index (χ0v) is 16.2. The molecule has 0 unspecified atom stereocenters. The van der Waals surface area contributed by atoms with E-state index in [1.807, 2.05) is 13.0 Å². The Morgan fingerprint density at radius 3 is 2.59 bits per heavy atom. The van der Waals surface area contributed by atoms with E-state index in [1.165, 1.54) is 10.8 Å². The predicted octanol–water partition coefficient (Wildman–Crippen LogP) is 4.35. The van der Waals surface area contributed by atoms with Gasteiger partial charge in [-0.25, -0.2) is 0 Å². The molecule has 3 heterocycles. The Balaban J connectivity index is 1.39. The summed E-state index contributed by atoms with van der Waals surface area (Å²) < 4.78 is 45.7. The lowest BCUT2D eigenvalue weighted by Gasteiger charge is -2.32. The predicted molar refractivity (Wildman–Crippen MR) is 104 cm³/mol. The fraction of sp³-hybridized carbons (Fsp3) is 0.429. The molecule has 1 saturated heterocycles. The number of fused-ring (bicyclic) bond motifs is 1. The zero-order chi connectivity index (χ0) is 20.4. The van der Waals surface area contributed by atoms with Crippen LogP contribution < -0.4 is 4.74 Å². The van der Waals surface area contributed by atoms with Crippen molar-refractivity contribution in [2.24, 2.45) is 0 Å². The van der Waals surface area contributed by atoms with E-state index < -0.39 is 12.7 Å². The van der Waals surface area contributed by atoms with E-state index in [1.54, 1.807) is 30.6 Å². The third kappa shape index (κ3) is 4.70. The maximum Gasteiger partial charge on any atom is 0.406 e. The second-order valence-corrected chi connectivity index (χ2v) is 7.43. The summed E-state index contributed by atoms with van der Waals surface area (Å²) in [4.78, 5) is 11.0. The quantitative estimate of drug-likeness (QED) is 0.634. The maximum atomic E-state index is 12.8.